The van der Waals surface area contributed by atoms with Gasteiger partial charge in [0.05, 0.1) is 28.4 Å². The Kier molecular flexibility index (Phi) is 6.28. The van der Waals surface area contributed by atoms with Gasteiger partial charge in [-0.15, -0.1) is 0 Å². The van der Waals surface area contributed by atoms with Gasteiger partial charge in [-0.1, -0.05) is 23.2 Å². The van der Waals surface area contributed by atoms with Crippen LogP contribution in [0.5, 0.6) is 5.75 Å². The maximum atomic E-state index is 12.1. The first kappa shape index (κ1) is 19.4. The fourth-order valence-electron chi connectivity index (χ4n) is 1.99. The zero-order valence-corrected chi connectivity index (χ0v) is 15.0. The van der Waals surface area contributed by atoms with Crippen molar-refractivity contribution in [1.82, 2.24) is 0 Å². The fraction of sp³-hybridized carbons (Fsp3) is 0.118. The van der Waals surface area contributed by atoms with Crippen molar-refractivity contribution in [2.24, 2.45) is 0 Å². The van der Waals surface area contributed by atoms with Gasteiger partial charge in [0.2, 0.25) is 0 Å². The molecule has 9 heteroatoms. The average Bonchev–Trinajstić information content (AvgIpc) is 2.61. The summed E-state index contributed by atoms with van der Waals surface area (Å²) in [5.41, 5.74) is 6.58. The average molecular weight is 394 g/mol. The fourth-order valence-corrected chi connectivity index (χ4v) is 2.37. The lowest BCUT2D eigenvalue weighted by Crippen LogP contribution is -2.21. The smallest absolute Gasteiger partial charge is 0.342 e. The Bertz CT molecular complexity index is 910. The highest BCUT2D eigenvalue weighted by Crippen LogP contribution is 2.29. The molecule has 0 saturated heterocycles. The molecular formula is C17H13Cl2N3O4. The third-order valence-corrected chi connectivity index (χ3v) is 3.89. The van der Waals surface area contributed by atoms with Crippen LogP contribution in [0.2, 0.25) is 10.0 Å². The lowest BCUT2D eigenvalue weighted by atomic mass is 10.2. The molecule has 0 heterocycles. The summed E-state index contributed by atoms with van der Waals surface area (Å²) in [6.45, 7) is -0.540. The molecule has 0 bridgehead atoms. The van der Waals surface area contributed by atoms with Crippen LogP contribution in [-0.4, -0.2) is 25.6 Å². The minimum absolute atomic E-state index is 0.0425. The summed E-state index contributed by atoms with van der Waals surface area (Å²) in [6, 6.07) is 8.99. The molecule has 0 spiro atoms. The monoisotopic (exact) mass is 393 g/mol. The van der Waals surface area contributed by atoms with E-state index in [4.69, 9.17) is 43.7 Å². The van der Waals surface area contributed by atoms with E-state index in [0.29, 0.717) is 5.69 Å². The highest BCUT2D eigenvalue weighted by atomic mass is 35.5. The SMILES string of the molecule is COc1cc(N)c(Cl)cc1C(=O)OCC(=O)Nc1ccc(C#N)c(Cl)c1. The number of hydrogen-bond donors (Lipinski definition) is 2. The van der Waals surface area contributed by atoms with Crippen molar-refractivity contribution in [3.63, 3.8) is 0 Å². The third kappa shape index (κ3) is 4.57. The number of halogens is 2. The Morgan fingerprint density at radius 2 is 1.96 bits per heavy atom. The number of ether oxygens (including phenoxy) is 2. The Morgan fingerprint density at radius 1 is 1.23 bits per heavy atom. The van der Waals surface area contributed by atoms with E-state index in [9.17, 15) is 9.59 Å². The molecule has 2 rings (SSSR count). The number of esters is 1. The van der Waals surface area contributed by atoms with E-state index in [1.165, 1.54) is 37.4 Å². The molecule has 0 radical (unpaired) electrons. The quantitative estimate of drug-likeness (QED) is 0.594. The van der Waals surface area contributed by atoms with E-state index in [2.05, 4.69) is 5.32 Å². The van der Waals surface area contributed by atoms with Crippen molar-refractivity contribution in [2.45, 2.75) is 0 Å². The van der Waals surface area contributed by atoms with E-state index < -0.39 is 18.5 Å². The highest BCUT2D eigenvalue weighted by Gasteiger charge is 2.18. The second-order valence-corrected chi connectivity index (χ2v) is 5.82. The zero-order chi connectivity index (χ0) is 19.3. The van der Waals surface area contributed by atoms with Crippen molar-refractivity contribution in [3.05, 3.63) is 51.5 Å². The number of nitrogen functional groups attached to an aromatic ring is 1. The van der Waals surface area contributed by atoms with Crippen LogP contribution in [0.1, 0.15) is 15.9 Å². The highest BCUT2D eigenvalue weighted by molar-refractivity contribution is 6.33. The first-order valence-electron chi connectivity index (χ1n) is 7.15. The van der Waals surface area contributed by atoms with E-state index >= 15 is 0 Å². The molecule has 7 nitrogen and oxygen atoms in total. The largest absolute Gasteiger partial charge is 0.496 e. The summed E-state index contributed by atoms with van der Waals surface area (Å²) in [5.74, 6) is -1.20. The van der Waals surface area contributed by atoms with E-state index in [1.54, 1.807) is 0 Å². The summed E-state index contributed by atoms with van der Waals surface area (Å²) in [5, 5.41) is 11.7. The number of amides is 1. The predicted molar refractivity (Wildman–Crippen MR) is 97.5 cm³/mol. The lowest BCUT2D eigenvalue weighted by molar-refractivity contribution is -0.119. The standard InChI is InChI=1S/C17H13Cl2N3O4/c1-25-15-6-14(21)13(19)5-11(15)17(24)26-8-16(23)22-10-3-2-9(7-20)12(18)4-10/h2-6H,8,21H2,1H3,(H,22,23). The molecule has 2 aromatic rings. The molecule has 1 amide bonds. The molecule has 0 aliphatic heterocycles. The van der Waals surface area contributed by atoms with Crippen LogP contribution < -0.4 is 15.8 Å². The molecule has 0 fully saturated rings. The van der Waals surface area contributed by atoms with E-state index in [-0.39, 0.29) is 32.6 Å². The summed E-state index contributed by atoms with van der Waals surface area (Å²) >= 11 is 11.8. The number of nitrogens with one attached hydrogen (secondary N) is 1. The molecule has 2 aromatic carbocycles. The van der Waals surface area contributed by atoms with Crippen molar-refractivity contribution in [2.75, 3.05) is 24.8 Å². The van der Waals surface area contributed by atoms with E-state index in [1.807, 2.05) is 6.07 Å². The van der Waals surface area contributed by atoms with Gasteiger partial charge in [-0.25, -0.2) is 4.79 Å². The molecule has 3 N–H and O–H groups in total. The Morgan fingerprint density at radius 3 is 2.58 bits per heavy atom. The molecule has 0 atom stereocenters. The molecule has 26 heavy (non-hydrogen) atoms. The third-order valence-electron chi connectivity index (χ3n) is 3.25. The zero-order valence-electron chi connectivity index (χ0n) is 13.5. The van der Waals surface area contributed by atoms with Gasteiger partial charge in [-0.2, -0.15) is 5.26 Å². The molecule has 134 valence electrons. The maximum Gasteiger partial charge on any atom is 0.342 e. The van der Waals surface area contributed by atoms with Crippen molar-refractivity contribution in [3.8, 4) is 11.8 Å². The Labute approximate surface area is 159 Å². The van der Waals surface area contributed by atoms with Crippen LogP contribution in [0.15, 0.2) is 30.3 Å². The number of nitrogens with zero attached hydrogens (tertiary/aromatic N) is 1. The van der Waals surface area contributed by atoms with Crippen LogP contribution in [0, 0.1) is 11.3 Å². The molecule has 0 unspecified atom stereocenters. The van der Waals surface area contributed by atoms with Crippen LogP contribution in [-0.2, 0) is 9.53 Å². The van der Waals surface area contributed by atoms with Crippen LogP contribution in [0.3, 0.4) is 0 Å². The van der Waals surface area contributed by atoms with E-state index in [0.717, 1.165) is 0 Å². The number of nitriles is 1. The van der Waals surface area contributed by atoms with Gasteiger partial charge in [0.1, 0.15) is 17.4 Å². The number of methoxy groups -OCH3 is 1. The van der Waals surface area contributed by atoms with Gasteiger partial charge in [0.25, 0.3) is 5.91 Å². The van der Waals surface area contributed by atoms with Crippen molar-refractivity contribution >= 4 is 46.5 Å². The summed E-state index contributed by atoms with van der Waals surface area (Å²) in [7, 11) is 1.36. The maximum absolute atomic E-state index is 12.1. The number of hydrogen-bond acceptors (Lipinski definition) is 6. The Hall–Kier alpha value is -2.95. The molecule has 0 aliphatic carbocycles. The number of carbonyl (C=O) groups excluding carboxylic acids is 2. The Balaban J connectivity index is 2.01. The second kappa shape index (κ2) is 8.43. The minimum atomic E-state index is -0.795. The van der Waals surface area contributed by atoms with Crippen molar-refractivity contribution in [1.29, 1.82) is 5.26 Å². The number of rotatable bonds is 5. The minimum Gasteiger partial charge on any atom is -0.496 e. The first-order chi connectivity index (χ1) is 12.3. The van der Waals surface area contributed by atoms with Gasteiger partial charge in [0.15, 0.2) is 6.61 Å². The lowest BCUT2D eigenvalue weighted by Gasteiger charge is -2.11. The van der Waals surface area contributed by atoms with Gasteiger partial charge < -0.3 is 20.5 Å². The number of benzene rings is 2. The number of anilines is 2. The normalized spacial score (nSPS) is 9.92. The topological polar surface area (TPSA) is 114 Å². The van der Waals surface area contributed by atoms with Gasteiger partial charge in [-0.3, -0.25) is 4.79 Å². The first-order valence-corrected chi connectivity index (χ1v) is 7.91. The molecule has 0 aromatic heterocycles. The van der Waals surface area contributed by atoms with Crippen LogP contribution in [0.25, 0.3) is 0 Å². The van der Waals surface area contributed by atoms with Gasteiger partial charge >= 0.3 is 5.97 Å². The second-order valence-electron chi connectivity index (χ2n) is 5.00. The number of nitrogens with two attached hydrogens (primary N) is 1. The molecule has 0 aliphatic rings. The number of carbonyl (C=O) groups is 2. The van der Waals surface area contributed by atoms with Crippen molar-refractivity contribution < 1.29 is 19.1 Å². The molecule has 0 saturated carbocycles. The van der Waals surface area contributed by atoms with Crippen LogP contribution in [0.4, 0.5) is 11.4 Å². The summed E-state index contributed by atoms with van der Waals surface area (Å²) < 4.78 is 10.0. The van der Waals surface area contributed by atoms with Crippen LogP contribution >= 0.6 is 23.2 Å². The molecular weight excluding hydrogens is 381 g/mol. The van der Waals surface area contributed by atoms with Gasteiger partial charge in [-0.05, 0) is 24.3 Å². The predicted octanol–water partition coefficient (Wildman–Crippen LogP) is 3.25. The summed E-state index contributed by atoms with van der Waals surface area (Å²) in [4.78, 5) is 24.1. The van der Waals surface area contributed by atoms with Gasteiger partial charge in [0, 0.05) is 11.8 Å². The summed E-state index contributed by atoms with van der Waals surface area (Å²) in [6.07, 6.45) is 0.